The second kappa shape index (κ2) is 6.83. The maximum absolute atomic E-state index is 12.1. The Kier molecular flexibility index (Phi) is 4.59. The van der Waals surface area contributed by atoms with Gasteiger partial charge in [0.05, 0.1) is 11.4 Å². The average Bonchev–Trinajstić information content (AvgIpc) is 3.09. The number of carbonyl (C=O) groups excluding carboxylic acids is 1. The molecule has 9 heteroatoms. The molecule has 25 heavy (non-hydrogen) atoms. The van der Waals surface area contributed by atoms with Gasteiger partial charge in [-0.25, -0.2) is 18.5 Å². The molecule has 4 N–H and O–H groups in total. The van der Waals surface area contributed by atoms with Crippen LogP contribution < -0.4 is 10.5 Å². The number of H-pyrrole nitrogens is 1. The van der Waals surface area contributed by atoms with Crippen molar-refractivity contribution in [3.05, 3.63) is 66.0 Å². The molecule has 1 aromatic heterocycles. The molecule has 0 aliphatic heterocycles. The first kappa shape index (κ1) is 16.8. The third kappa shape index (κ3) is 4.08. The molecule has 0 saturated heterocycles. The lowest BCUT2D eigenvalue weighted by Gasteiger charge is -2.04. The molecule has 0 aliphatic carbocycles. The Morgan fingerprint density at radius 2 is 1.76 bits per heavy atom. The zero-order valence-corrected chi connectivity index (χ0v) is 13.8. The average molecular weight is 357 g/mol. The summed E-state index contributed by atoms with van der Waals surface area (Å²) >= 11 is 0. The number of primary sulfonamides is 1. The Hall–Kier alpha value is -3.04. The first-order valence-electron chi connectivity index (χ1n) is 7.31. The number of sulfonamides is 1. The lowest BCUT2D eigenvalue weighted by molar-refractivity contribution is 0.0950. The number of aromatic amines is 1. The smallest absolute Gasteiger partial charge is 0.251 e. The molecule has 0 fully saturated rings. The van der Waals surface area contributed by atoms with Crippen LogP contribution in [0.2, 0.25) is 0 Å². The van der Waals surface area contributed by atoms with E-state index in [0.29, 0.717) is 17.2 Å². The van der Waals surface area contributed by atoms with Gasteiger partial charge in [-0.15, -0.1) is 0 Å². The second-order valence-corrected chi connectivity index (χ2v) is 6.79. The summed E-state index contributed by atoms with van der Waals surface area (Å²) < 4.78 is 22.4. The fourth-order valence-electron chi connectivity index (χ4n) is 2.15. The van der Waals surface area contributed by atoms with E-state index in [0.717, 1.165) is 5.56 Å². The zero-order chi connectivity index (χ0) is 17.9. The van der Waals surface area contributed by atoms with Crippen LogP contribution >= 0.6 is 0 Å². The number of carbonyl (C=O) groups is 1. The van der Waals surface area contributed by atoms with Crippen molar-refractivity contribution in [2.75, 3.05) is 0 Å². The van der Waals surface area contributed by atoms with Crippen molar-refractivity contribution < 1.29 is 13.2 Å². The number of nitrogens with two attached hydrogens (primary N) is 1. The van der Waals surface area contributed by atoms with Gasteiger partial charge in [-0.2, -0.15) is 5.10 Å². The van der Waals surface area contributed by atoms with Gasteiger partial charge in [-0.05, 0) is 24.3 Å². The Morgan fingerprint density at radius 3 is 2.40 bits per heavy atom. The molecule has 128 valence electrons. The van der Waals surface area contributed by atoms with Gasteiger partial charge in [0, 0.05) is 11.1 Å². The lowest BCUT2D eigenvalue weighted by atomic mass is 10.2. The summed E-state index contributed by atoms with van der Waals surface area (Å²) in [7, 11) is -3.78. The standard InChI is InChI=1S/C16H15N5O3S/c17-25(23,24)13-8-6-12(7-9-13)16(22)18-10-14-19-15(21-20-14)11-4-2-1-3-5-11/h1-9H,10H2,(H,18,22)(H2,17,23,24)(H,19,20,21). The van der Waals surface area contributed by atoms with E-state index in [-0.39, 0.29) is 17.3 Å². The molecule has 0 saturated carbocycles. The summed E-state index contributed by atoms with van der Waals surface area (Å²) in [5, 5.41) is 14.6. The summed E-state index contributed by atoms with van der Waals surface area (Å²) in [6.45, 7) is 0.162. The van der Waals surface area contributed by atoms with Crippen LogP contribution in [-0.2, 0) is 16.6 Å². The summed E-state index contributed by atoms with van der Waals surface area (Å²) in [5.74, 6) is 0.689. The minimum atomic E-state index is -3.78. The number of amides is 1. The van der Waals surface area contributed by atoms with E-state index in [1.807, 2.05) is 30.3 Å². The predicted octanol–water partition coefficient (Wildman–Crippen LogP) is 1.05. The Morgan fingerprint density at radius 1 is 1.08 bits per heavy atom. The molecule has 0 radical (unpaired) electrons. The van der Waals surface area contributed by atoms with E-state index in [9.17, 15) is 13.2 Å². The molecule has 3 aromatic rings. The van der Waals surface area contributed by atoms with Crippen LogP contribution in [0.15, 0.2) is 59.5 Å². The van der Waals surface area contributed by atoms with Gasteiger partial charge in [0.2, 0.25) is 10.0 Å². The van der Waals surface area contributed by atoms with Crippen molar-refractivity contribution in [1.29, 1.82) is 0 Å². The quantitative estimate of drug-likeness (QED) is 0.628. The topological polar surface area (TPSA) is 131 Å². The van der Waals surface area contributed by atoms with E-state index in [4.69, 9.17) is 5.14 Å². The minimum absolute atomic E-state index is 0.0493. The molecule has 3 rings (SSSR count). The van der Waals surface area contributed by atoms with Gasteiger partial charge in [0.15, 0.2) is 5.82 Å². The molecule has 0 unspecified atom stereocenters. The summed E-state index contributed by atoms with van der Waals surface area (Å²) in [6.07, 6.45) is 0. The first-order valence-corrected chi connectivity index (χ1v) is 8.86. The van der Waals surface area contributed by atoms with Crippen LogP contribution in [0.25, 0.3) is 11.4 Å². The van der Waals surface area contributed by atoms with Crippen molar-refractivity contribution in [2.45, 2.75) is 11.4 Å². The van der Waals surface area contributed by atoms with Gasteiger partial charge >= 0.3 is 0 Å². The number of hydrogen-bond acceptors (Lipinski definition) is 5. The van der Waals surface area contributed by atoms with Gasteiger partial charge in [0.25, 0.3) is 5.91 Å². The van der Waals surface area contributed by atoms with Gasteiger partial charge in [0.1, 0.15) is 5.82 Å². The molecule has 8 nitrogen and oxygen atoms in total. The molecule has 1 heterocycles. The monoisotopic (exact) mass is 357 g/mol. The van der Waals surface area contributed by atoms with E-state index >= 15 is 0 Å². The summed E-state index contributed by atoms with van der Waals surface area (Å²) in [4.78, 5) is 16.4. The minimum Gasteiger partial charge on any atom is -0.345 e. The number of hydrogen-bond donors (Lipinski definition) is 3. The summed E-state index contributed by atoms with van der Waals surface area (Å²) in [6, 6.07) is 14.8. The molecular formula is C16H15N5O3S. The van der Waals surface area contributed by atoms with Crippen molar-refractivity contribution in [2.24, 2.45) is 5.14 Å². The van der Waals surface area contributed by atoms with Crippen LogP contribution in [0, 0.1) is 0 Å². The van der Waals surface area contributed by atoms with E-state index in [1.54, 1.807) is 0 Å². The van der Waals surface area contributed by atoms with Crippen LogP contribution in [0.5, 0.6) is 0 Å². The SMILES string of the molecule is NS(=O)(=O)c1ccc(C(=O)NCc2nc(-c3ccccc3)n[nH]2)cc1. The maximum atomic E-state index is 12.1. The molecule has 1 amide bonds. The van der Waals surface area contributed by atoms with Crippen LogP contribution in [0.4, 0.5) is 0 Å². The third-order valence-electron chi connectivity index (χ3n) is 3.43. The highest BCUT2D eigenvalue weighted by molar-refractivity contribution is 7.89. The Bertz CT molecular complexity index is 982. The maximum Gasteiger partial charge on any atom is 0.251 e. The molecule has 0 aliphatic rings. The highest BCUT2D eigenvalue weighted by Gasteiger charge is 2.11. The number of rotatable bonds is 5. The third-order valence-corrected chi connectivity index (χ3v) is 4.35. The van der Waals surface area contributed by atoms with Crippen molar-refractivity contribution in [3.8, 4) is 11.4 Å². The zero-order valence-electron chi connectivity index (χ0n) is 13.0. The predicted molar refractivity (Wildman–Crippen MR) is 90.8 cm³/mol. The molecule has 0 bridgehead atoms. The summed E-state index contributed by atoms with van der Waals surface area (Å²) in [5.41, 5.74) is 1.19. The Labute approximate surface area is 144 Å². The van der Waals surface area contributed by atoms with Gasteiger partial charge in [-0.3, -0.25) is 9.89 Å². The number of nitrogens with zero attached hydrogens (tertiary/aromatic N) is 2. The Balaban J connectivity index is 1.64. The van der Waals surface area contributed by atoms with Crippen LogP contribution in [0.3, 0.4) is 0 Å². The first-order chi connectivity index (χ1) is 11.9. The number of aromatic nitrogens is 3. The largest absolute Gasteiger partial charge is 0.345 e. The second-order valence-electron chi connectivity index (χ2n) is 5.22. The fraction of sp³-hybridized carbons (Fsp3) is 0.0625. The molecule has 0 atom stereocenters. The van der Waals surface area contributed by atoms with E-state index < -0.39 is 10.0 Å². The van der Waals surface area contributed by atoms with Crippen molar-refractivity contribution in [3.63, 3.8) is 0 Å². The number of benzene rings is 2. The van der Waals surface area contributed by atoms with E-state index in [1.165, 1.54) is 24.3 Å². The highest BCUT2D eigenvalue weighted by atomic mass is 32.2. The van der Waals surface area contributed by atoms with Gasteiger partial charge in [-0.1, -0.05) is 30.3 Å². The van der Waals surface area contributed by atoms with Gasteiger partial charge < -0.3 is 5.32 Å². The van der Waals surface area contributed by atoms with Crippen molar-refractivity contribution >= 4 is 15.9 Å². The fourth-order valence-corrected chi connectivity index (χ4v) is 2.67. The lowest BCUT2D eigenvalue weighted by Crippen LogP contribution is -2.23. The normalized spacial score (nSPS) is 11.2. The van der Waals surface area contributed by atoms with Crippen molar-refractivity contribution in [1.82, 2.24) is 20.5 Å². The van der Waals surface area contributed by atoms with E-state index in [2.05, 4.69) is 20.5 Å². The molecule has 0 spiro atoms. The molecule has 2 aromatic carbocycles. The van der Waals surface area contributed by atoms with Crippen LogP contribution in [0.1, 0.15) is 16.2 Å². The molecular weight excluding hydrogens is 342 g/mol. The van der Waals surface area contributed by atoms with Crippen LogP contribution in [-0.4, -0.2) is 29.5 Å². The highest BCUT2D eigenvalue weighted by Crippen LogP contribution is 2.13. The number of nitrogens with one attached hydrogen (secondary N) is 2.